The van der Waals surface area contributed by atoms with Gasteiger partial charge in [-0.2, -0.15) is 0 Å². The first-order valence-electron chi connectivity index (χ1n) is 8.23. The van der Waals surface area contributed by atoms with Crippen LogP contribution in [0.5, 0.6) is 5.88 Å². The fraction of sp³-hybridized carbons (Fsp3) is 0.278. The molecular weight excluding hydrogens is 333 g/mol. The third-order valence-electron chi connectivity index (χ3n) is 3.93. The Morgan fingerprint density at radius 1 is 1.38 bits per heavy atom. The number of carbonyl (C=O) groups is 1. The smallest absolute Gasteiger partial charge is 0.324 e. The van der Waals surface area contributed by atoms with Crippen molar-refractivity contribution in [2.75, 3.05) is 18.5 Å². The third kappa shape index (κ3) is 4.13. The molecule has 132 valence electrons. The van der Waals surface area contributed by atoms with Crippen LogP contribution in [-0.4, -0.2) is 31.1 Å². The molecule has 0 fully saturated rings. The van der Waals surface area contributed by atoms with Crippen LogP contribution in [0.1, 0.15) is 12.5 Å². The summed E-state index contributed by atoms with van der Waals surface area (Å²) in [4.78, 5) is 18.5. The lowest BCUT2D eigenvalue weighted by molar-refractivity contribution is -0.141. The van der Waals surface area contributed by atoms with Crippen molar-refractivity contribution in [1.29, 1.82) is 0 Å². The second-order valence-corrected chi connectivity index (χ2v) is 5.81. The summed E-state index contributed by atoms with van der Waals surface area (Å²) in [6.07, 6.45) is 0. The van der Waals surface area contributed by atoms with Gasteiger partial charge in [0.1, 0.15) is 19.0 Å². The summed E-state index contributed by atoms with van der Waals surface area (Å²) in [5, 5.41) is 3.21. The van der Waals surface area contributed by atoms with E-state index < -0.39 is 0 Å². The van der Waals surface area contributed by atoms with Crippen molar-refractivity contribution in [2.24, 2.45) is 0 Å². The maximum Gasteiger partial charge on any atom is 0.324 e. The van der Waals surface area contributed by atoms with Gasteiger partial charge in [-0.15, -0.1) is 0 Å². The molecular formula is C18H18BN3O4. The molecule has 8 heteroatoms. The van der Waals surface area contributed by atoms with Crippen LogP contribution in [0.15, 0.2) is 30.3 Å². The van der Waals surface area contributed by atoms with Gasteiger partial charge < -0.3 is 19.4 Å². The number of rotatable bonds is 6. The van der Waals surface area contributed by atoms with Crippen molar-refractivity contribution in [3.8, 4) is 5.88 Å². The Hall–Kier alpha value is -3.05. The number of pyridine rings is 1. The number of nitrogens with one attached hydrogen (secondary N) is 1. The molecule has 1 N–H and O–H groups in total. The normalized spacial score (nSPS) is 12.3. The highest BCUT2D eigenvalue weighted by molar-refractivity contribution is 6.67. The molecule has 0 radical (unpaired) electrons. The summed E-state index contributed by atoms with van der Waals surface area (Å²) in [5.41, 5.74) is 3.53. The molecule has 0 amide bonds. The largest absolute Gasteiger partial charge is 0.483 e. The molecule has 2 aromatic rings. The molecule has 1 aromatic heterocycles. The Morgan fingerprint density at radius 2 is 2.23 bits per heavy atom. The Morgan fingerprint density at radius 3 is 3.00 bits per heavy atom. The minimum atomic E-state index is -0.378. The molecule has 1 aliphatic rings. The summed E-state index contributed by atoms with van der Waals surface area (Å²) in [6.45, 7) is 11.5. The highest BCUT2D eigenvalue weighted by Gasteiger charge is 2.23. The topological polar surface area (TPSA) is 74.0 Å². The first-order chi connectivity index (χ1) is 12.6. The lowest BCUT2D eigenvalue weighted by Gasteiger charge is -2.11. The third-order valence-corrected chi connectivity index (χ3v) is 3.93. The van der Waals surface area contributed by atoms with E-state index in [0.717, 1.165) is 11.3 Å². The number of carbonyl (C=O) groups excluding carboxylic acids is 1. The Balaban J connectivity index is 1.71. The van der Waals surface area contributed by atoms with Gasteiger partial charge in [-0.1, -0.05) is 12.9 Å². The van der Waals surface area contributed by atoms with Crippen molar-refractivity contribution in [3.63, 3.8) is 0 Å². The van der Waals surface area contributed by atoms with Gasteiger partial charge >= 0.3 is 12.9 Å². The Kier molecular flexibility index (Phi) is 5.39. The molecule has 0 atom stereocenters. The van der Waals surface area contributed by atoms with Gasteiger partial charge in [0.2, 0.25) is 11.6 Å². The molecule has 0 saturated heterocycles. The van der Waals surface area contributed by atoms with Crippen LogP contribution in [0.2, 0.25) is 6.82 Å². The average Bonchev–Trinajstić information content (AvgIpc) is 2.99. The number of benzene rings is 1. The zero-order chi connectivity index (χ0) is 18.5. The maximum atomic E-state index is 10.8. The molecule has 0 bridgehead atoms. The van der Waals surface area contributed by atoms with Gasteiger partial charge in [0.25, 0.3) is 0 Å². The van der Waals surface area contributed by atoms with Gasteiger partial charge in [-0.25, -0.2) is 9.83 Å². The first-order valence-corrected chi connectivity index (χ1v) is 8.23. The van der Waals surface area contributed by atoms with E-state index in [2.05, 4.69) is 15.1 Å². The van der Waals surface area contributed by atoms with Crippen molar-refractivity contribution in [2.45, 2.75) is 20.4 Å². The fourth-order valence-electron chi connectivity index (χ4n) is 2.68. The second kappa shape index (κ2) is 7.89. The minimum absolute atomic E-state index is 0.106. The second-order valence-electron chi connectivity index (χ2n) is 5.81. The number of anilines is 2. The van der Waals surface area contributed by atoms with Crippen LogP contribution in [0, 0.1) is 6.57 Å². The van der Waals surface area contributed by atoms with Crippen LogP contribution in [0.3, 0.4) is 0 Å². The van der Waals surface area contributed by atoms with E-state index in [1.165, 1.54) is 12.4 Å². The van der Waals surface area contributed by atoms with Crippen LogP contribution in [-0.2, 0) is 20.8 Å². The van der Waals surface area contributed by atoms with E-state index in [0.29, 0.717) is 18.1 Å². The molecule has 0 unspecified atom stereocenters. The SMILES string of the molecule is [C-]#[N+]c1ccc(Nc2ccc3c(c2)COB3C)nc1OCCOC(C)=O. The van der Waals surface area contributed by atoms with E-state index in [-0.39, 0.29) is 32.0 Å². The summed E-state index contributed by atoms with van der Waals surface area (Å²) < 4.78 is 15.9. The number of esters is 1. The average molecular weight is 351 g/mol. The predicted molar refractivity (Wildman–Crippen MR) is 98.4 cm³/mol. The highest BCUT2D eigenvalue weighted by Crippen LogP contribution is 2.28. The van der Waals surface area contributed by atoms with Gasteiger partial charge in [0, 0.05) is 12.6 Å². The monoisotopic (exact) mass is 351 g/mol. The van der Waals surface area contributed by atoms with E-state index in [1.54, 1.807) is 12.1 Å². The summed E-state index contributed by atoms with van der Waals surface area (Å²) in [6, 6.07) is 9.40. The maximum absolute atomic E-state index is 10.8. The van der Waals surface area contributed by atoms with E-state index >= 15 is 0 Å². The molecule has 3 rings (SSSR count). The molecule has 26 heavy (non-hydrogen) atoms. The molecule has 0 aliphatic carbocycles. The van der Waals surface area contributed by atoms with Crippen molar-refractivity contribution >= 4 is 35.5 Å². The van der Waals surface area contributed by atoms with Gasteiger partial charge in [-0.3, -0.25) is 4.79 Å². The number of ether oxygens (including phenoxy) is 2. The lowest BCUT2D eigenvalue weighted by Crippen LogP contribution is -2.23. The Labute approximate surface area is 152 Å². The number of aromatic nitrogens is 1. The van der Waals surface area contributed by atoms with Gasteiger partial charge in [-0.05, 0) is 35.3 Å². The number of hydrogen-bond acceptors (Lipinski definition) is 6. The summed E-state index contributed by atoms with van der Waals surface area (Å²) in [7, 11) is 0. The van der Waals surface area contributed by atoms with Gasteiger partial charge in [0.05, 0.1) is 13.2 Å². The number of hydrogen-bond donors (Lipinski definition) is 1. The molecule has 1 aliphatic heterocycles. The lowest BCUT2D eigenvalue weighted by atomic mass is 9.64. The first kappa shape index (κ1) is 17.8. The standard InChI is InChI=1S/C18H18BN3O4/c1-12(23)24-8-9-25-18-16(20-3)6-7-17(22-18)21-14-4-5-15-13(10-14)11-26-19(15)2/h4-7,10H,8-9,11H2,1-2H3,(H,21,22). The van der Waals surface area contributed by atoms with Crippen molar-refractivity contribution in [3.05, 3.63) is 47.3 Å². The fourth-order valence-corrected chi connectivity index (χ4v) is 2.68. The van der Waals surface area contributed by atoms with Crippen molar-refractivity contribution in [1.82, 2.24) is 4.98 Å². The van der Waals surface area contributed by atoms with Crippen LogP contribution < -0.4 is 15.5 Å². The Bertz CT molecular complexity index is 866. The van der Waals surface area contributed by atoms with Crippen molar-refractivity contribution < 1.29 is 18.9 Å². The number of fused-ring (bicyclic) bond motifs is 1. The number of nitrogens with zero attached hydrogens (tertiary/aromatic N) is 2. The van der Waals surface area contributed by atoms with Crippen LogP contribution >= 0.6 is 0 Å². The minimum Gasteiger partial charge on any atom is -0.483 e. The zero-order valence-electron chi connectivity index (χ0n) is 14.6. The molecule has 0 spiro atoms. The molecule has 7 nitrogen and oxygen atoms in total. The molecule has 0 saturated carbocycles. The summed E-state index contributed by atoms with van der Waals surface area (Å²) in [5.74, 6) is 0.388. The van der Waals surface area contributed by atoms with Crippen LogP contribution in [0.4, 0.5) is 17.2 Å². The van der Waals surface area contributed by atoms with E-state index in [9.17, 15) is 4.79 Å². The van der Waals surface area contributed by atoms with E-state index in [4.69, 9.17) is 20.7 Å². The molecule has 1 aromatic carbocycles. The predicted octanol–water partition coefficient (Wildman–Crippen LogP) is 2.68. The molecule has 2 heterocycles. The van der Waals surface area contributed by atoms with Gasteiger partial charge in [0.15, 0.2) is 0 Å². The zero-order valence-corrected chi connectivity index (χ0v) is 14.6. The van der Waals surface area contributed by atoms with E-state index in [1.807, 2.05) is 25.0 Å². The summed E-state index contributed by atoms with van der Waals surface area (Å²) >= 11 is 0. The highest BCUT2D eigenvalue weighted by atomic mass is 16.6. The quantitative estimate of drug-likeness (QED) is 0.373. The van der Waals surface area contributed by atoms with Crippen LogP contribution in [0.25, 0.3) is 4.85 Å².